The van der Waals surface area contributed by atoms with Gasteiger partial charge in [0.15, 0.2) is 0 Å². The Morgan fingerprint density at radius 2 is 1.26 bits per heavy atom. The van der Waals surface area contributed by atoms with Crippen molar-refractivity contribution in [3.63, 3.8) is 0 Å². The summed E-state index contributed by atoms with van der Waals surface area (Å²) in [5.74, 6) is -4.34. The number of carbonyl (C=O) groups is 4. The molecule has 0 radical (unpaired) electrons. The normalized spacial score (nSPS) is 28.5. The fraction of sp³-hybridized carbons (Fsp3) is 0.294. The molecule has 8 heteroatoms. The van der Waals surface area contributed by atoms with Gasteiger partial charge in [-0.2, -0.15) is 0 Å². The number of phenolic OH excluding ortho intramolecular Hbond substituents is 1. The molecule has 6 unspecified atom stereocenters. The molecular weight excluding hydrogens is 596 g/mol. The molecule has 212 valence electrons. The number of fused-ring (bicyclic) bond motifs is 4. The van der Waals surface area contributed by atoms with Crippen LogP contribution in [0, 0.1) is 29.6 Å². The Balaban J connectivity index is 1.29. The minimum Gasteiger partial charge on any atom is -0.508 e. The van der Waals surface area contributed by atoms with E-state index in [1.54, 1.807) is 18.2 Å². The van der Waals surface area contributed by atoms with Gasteiger partial charge >= 0.3 is 0 Å². The first-order chi connectivity index (χ1) is 20.3. The molecule has 6 atom stereocenters. The van der Waals surface area contributed by atoms with Crippen LogP contribution >= 0.6 is 15.9 Å². The molecule has 0 bridgehead atoms. The van der Waals surface area contributed by atoms with Crippen molar-refractivity contribution in [3.8, 4) is 5.75 Å². The number of amides is 4. The summed E-state index contributed by atoms with van der Waals surface area (Å²) < 4.78 is 0.738. The van der Waals surface area contributed by atoms with Crippen molar-refractivity contribution in [1.82, 2.24) is 9.80 Å². The number of halogens is 1. The number of aromatic hydroxyl groups is 1. The maximum absolute atomic E-state index is 14.1. The number of benzene rings is 3. The molecule has 3 fully saturated rings. The maximum Gasteiger partial charge on any atom is 0.234 e. The summed E-state index contributed by atoms with van der Waals surface area (Å²) in [6.45, 7) is 0.373. The van der Waals surface area contributed by atoms with Crippen LogP contribution in [0.15, 0.2) is 95.0 Å². The summed E-state index contributed by atoms with van der Waals surface area (Å²) >= 11 is 3.51. The van der Waals surface area contributed by atoms with E-state index in [0.717, 1.165) is 21.2 Å². The van der Waals surface area contributed by atoms with Crippen molar-refractivity contribution >= 4 is 39.6 Å². The lowest BCUT2D eigenvalue weighted by atomic mass is 9.57. The fourth-order valence-corrected chi connectivity index (χ4v) is 8.06. The first-order valence-electron chi connectivity index (χ1n) is 14.3. The molecule has 2 saturated heterocycles. The van der Waals surface area contributed by atoms with Gasteiger partial charge in [-0.15, -0.1) is 0 Å². The molecule has 0 aromatic heterocycles. The average molecular weight is 626 g/mol. The van der Waals surface area contributed by atoms with Crippen LogP contribution < -0.4 is 0 Å². The zero-order chi connectivity index (χ0) is 29.1. The number of phenols is 1. The van der Waals surface area contributed by atoms with E-state index in [4.69, 9.17) is 0 Å². The van der Waals surface area contributed by atoms with E-state index in [1.165, 1.54) is 9.80 Å². The van der Waals surface area contributed by atoms with Crippen LogP contribution in [-0.2, 0) is 32.3 Å². The van der Waals surface area contributed by atoms with E-state index < -0.39 is 29.6 Å². The van der Waals surface area contributed by atoms with Crippen molar-refractivity contribution in [1.29, 1.82) is 0 Å². The fourth-order valence-electron chi connectivity index (χ4n) is 7.69. The Kier molecular flexibility index (Phi) is 6.61. The summed E-state index contributed by atoms with van der Waals surface area (Å²) in [7, 11) is 0. The number of imide groups is 2. The molecule has 2 aliphatic carbocycles. The minimum absolute atomic E-state index is 0.0342. The van der Waals surface area contributed by atoms with Crippen molar-refractivity contribution in [2.45, 2.75) is 31.8 Å². The second kappa shape index (κ2) is 10.3. The summed E-state index contributed by atoms with van der Waals surface area (Å²) in [6.07, 6.45) is 2.70. The molecule has 0 spiro atoms. The summed E-state index contributed by atoms with van der Waals surface area (Å²) in [5.41, 5.74) is 3.15. The zero-order valence-corrected chi connectivity index (χ0v) is 24.3. The topological polar surface area (TPSA) is 95.0 Å². The monoisotopic (exact) mass is 624 g/mol. The molecule has 7 nitrogen and oxygen atoms in total. The van der Waals surface area contributed by atoms with Crippen molar-refractivity contribution < 1.29 is 24.3 Å². The number of nitrogens with zero attached hydrogens (tertiary/aromatic N) is 2. The van der Waals surface area contributed by atoms with E-state index in [0.29, 0.717) is 18.4 Å². The van der Waals surface area contributed by atoms with Crippen LogP contribution in [0.2, 0.25) is 0 Å². The lowest BCUT2D eigenvalue weighted by Gasteiger charge is -2.44. The van der Waals surface area contributed by atoms with Crippen LogP contribution in [0.5, 0.6) is 5.75 Å². The predicted octanol–water partition coefficient (Wildman–Crippen LogP) is 5.19. The van der Waals surface area contributed by atoms with E-state index in [2.05, 4.69) is 15.9 Å². The van der Waals surface area contributed by atoms with Crippen LogP contribution in [0.3, 0.4) is 0 Å². The van der Waals surface area contributed by atoms with Gasteiger partial charge in [0.1, 0.15) is 5.75 Å². The van der Waals surface area contributed by atoms with Gasteiger partial charge in [0.2, 0.25) is 23.6 Å². The Labute approximate surface area is 251 Å². The molecule has 1 saturated carbocycles. The highest BCUT2D eigenvalue weighted by Crippen LogP contribution is 2.59. The van der Waals surface area contributed by atoms with Gasteiger partial charge in [0.25, 0.3) is 0 Å². The number of carbonyl (C=O) groups excluding carboxylic acids is 4. The quantitative estimate of drug-likeness (QED) is 0.311. The number of allylic oxidation sites excluding steroid dienone is 2. The first kappa shape index (κ1) is 26.8. The van der Waals surface area contributed by atoms with E-state index in [-0.39, 0.29) is 48.4 Å². The molecule has 2 heterocycles. The summed E-state index contributed by atoms with van der Waals surface area (Å²) in [6, 6.07) is 24.0. The lowest BCUT2D eigenvalue weighted by molar-refractivity contribution is -0.142. The smallest absolute Gasteiger partial charge is 0.234 e. The van der Waals surface area contributed by atoms with E-state index in [1.807, 2.05) is 66.7 Å². The third-order valence-corrected chi connectivity index (χ3v) is 10.0. The standard InChI is InChI=1S/C34H29BrN2O5/c35-21-11-14-27(38)25(15-21)28-22-12-13-23-29(33(41)36(31(23)39)17-19-7-3-1-4-8-19)24(22)16-26-30(28)34(42)37(32(26)40)18-20-9-5-2-6-10-20/h1-12,14-15,23-24,26,28-30,38H,13,16-18H2. The Bertz CT molecular complexity index is 1640. The van der Waals surface area contributed by atoms with Crippen molar-refractivity contribution in [2.24, 2.45) is 29.6 Å². The molecule has 7 rings (SSSR count). The highest BCUT2D eigenvalue weighted by molar-refractivity contribution is 9.10. The van der Waals surface area contributed by atoms with Gasteiger partial charge in [-0.05, 0) is 48.1 Å². The minimum atomic E-state index is -0.701. The van der Waals surface area contributed by atoms with Crippen LogP contribution in [0.25, 0.3) is 0 Å². The Hall–Kier alpha value is -4.04. The van der Waals surface area contributed by atoms with E-state index >= 15 is 0 Å². The molecule has 1 N–H and O–H groups in total. The van der Waals surface area contributed by atoms with Crippen LogP contribution in [0.1, 0.15) is 35.4 Å². The van der Waals surface area contributed by atoms with Crippen molar-refractivity contribution in [3.05, 3.63) is 112 Å². The predicted molar refractivity (Wildman–Crippen MR) is 157 cm³/mol. The third kappa shape index (κ3) is 4.23. The maximum atomic E-state index is 14.1. The van der Waals surface area contributed by atoms with Gasteiger partial charge in [-0.25, -0.2) is 0 Å². The summed E-state index contributed by atoms with van der Waals surface area (Å²) in [4.78, 5) is 58.3. The van der Waals surface area contributed by atoms with Crippen LogP contribution in [0.4, 0.5) is 0 Å². The number of likely N-dealkylation sites (tertiary alicyclic amines) is 2. The first-order valence-corrected chi connectivity index (χ1v) is 15.1. The largest absolute Gasteiger partial charge is 0.508 e. The molecular formula is C34H29BrN2O5. The third-order valence-electron chi connectivity index (χ3n) is 9.52. The molecule has 2 aliphatic heterocycles. The second-order valence-electron chi connectivity index (χ2n) is 11.7. The number of hydrogen-bond acceptors (Lipinski definition) is 5. The molecule has 4 amide bonds. The van der Waals surface area contributed by atoms with Gasteiger partial charge < -0.3 is 5.11 Å². The van der Waals surface area contributed by atoms with Crippen molar-refractivity contribution in [2.75, 3.05) is 0 Å². The highest BCUT2D eigenvalue weighted by atomic mass is 79.9. The molecule has 3 aromatic carbocycles. The SMILES string of the molecule is O=C1C2CC=C3C(CC4C(=O)N(Cc5ccccc5)C(=O)C4C3c3cc(Br)ccc3O)C2C(=O)N1Cc1ccccc1. The van der Waals surface area contributed by atoms with E-state index in [9.17, 15) is 24.3 Å². The summed E-state index contributed by atoms with van der Waals surface area (Å²) in [5, 5.41) is 11.1. The Morgan fingerprint density at radius 1 is 0.690 bits per heavy atom. The zero-order valence-electron chi connectivity index (χ0n) is 22.7. The van der Waals surface area contributed by atoms with Crippen LogP contribution in [-0.4, -0.2) is 38.5 Å². The Morgan fingerprint density at radius 3 is 1.88 bits per heavy atom. The molecule has 4 aliphatic rings. The van der Waals surface area contributed by atoms with Gasteiger partial charge in [0.05, 0.1) is 36.8 Å². The molecule has 42 heavy (non-hydrogen) atoms. The number of rotatable bonds is 5. The second-order valence-corrected chi connectivity index (χ2v) is 12.6. The highest BCUT2D eigenvalue weighted by Gasteiger charge is 2.62. The lowest BCUT2D eigenvalue weighted by Crippen LogP contribution is -2.43. The molecule has 3 aromatic rings. The van der Waals surface area contributed by atoms with Gasteiger partial charge in [-0.1, -0.05) is 88.2 Å². The average Bonchev–Trinajstić information content (AvgIpc) is 3.38. The van der Waals surface area contributed by atoms with Gasteiger partial charge in [0, 0.05) is 16.0 Å². The van der Waals surface area contributed by atoms with Gasteiger partial charge in [-0.3, -0.25) is 29.0 Å². The number of hydrogen-bond donors (Lipinski definition) is 1.